The number of benzene rings is 2. The smallest absolute Gasteiger partial charge is 0.282 e. The average Bonchev–Trinajstić information content (AvgIpc) is 2.91. The maximum absolute atomic E-state index is 13.3. The van der Waals surface area contributed by atoms with Gasteiger partial charge in [0.15, 0.2) is 0 Å². The van der Waals surface area contributed by atoms with Crippen molar-refractivity contribution in [2.75, 3.05) is 18.1 Å². The molecule has 4 rings (SSSR count). The van der Waals surface area contributed by atoms with Gasteiger partial charge in [0.1, 0.15) is 5.71 Å². The summed E-state index contributed by atoms with van der Waals surface area (Å²) in [6, 6.07) is 10.3. The van der Waals surface area contributed by atoms with E-state index in [1.165, 1.54) is 12.8 Å². The molecule has 2 aromatic rings. The average molecular weight is 514 g/mol. The third-order valence-electron chi connectivity index (χ3n) is 5.94. The molecule has 1 amide bonds. The molecule has 2 atom stereocenters. The highest BCUT2D eigenvalue weighted by atomic mass is 35.5. The summed E-state index contributed by atoms with van der Waals surface area (Å²) in [5, 5.41) is 10.3. The molecule has 32 heavy (non-hydrogen) atoms. The van der Waals surface area contributed by atoms with Crippen LogP contribution in [0.1, 0.15) is 44.2 Å². The molecular weight excluding hydrogens is 490 g/mol. The van der Waals surface area contributed by atoms with E-state index in [9.17, 15) is 4.79 Å². The Morgan fingerprint density at radius 1 is 1.00 bits per heavy atom. The number of hydrazine groups is 1. The number of nitrogens with one attached hydrogen (secondary N) is 1. The number of carbonyl (C=O) groups is 1. The van der Waals surface area contributed by atoms with Gasteiger partial charge in [0.05, 0.1) is 26.8 Å². The Morgan fingerprint density at radius 2 is 1.72 bits per heavy atom. The summed E-state index contributed by atoms with van der Waals surface area (Å²) in [6.07, 6.45) is 4.49. The van der Waals surface area contributed by atoms with Gasteiger partial charge in [-0.3, -0.25) is 15.2 Å². The number of hydrogen-bond acceptors (Lipinski definition) is 4. The molecule has 5 nitrogen and oxygen atoms in total. The van der Waals surface area contributed by atoms with Crippen LogP contribution in [0.4, 0.5) is 5.69 Å². The Bertz CT molecular complexity index is 1040. The predicted octanol–water partition coefficient (Wildman–Crippen LogP) is 6.76. The van der Waals surface area contributed by atoms with E-state index in [1.54, 1.807) is 29.3 Å². The Labute approximate surface area is 208 Å². The summed E-state index contributed by atoms with van der Waals surface area (Å²) < 4.78 is 0. The van der Waals surface area contributed by atoms with Crippen LogP contribution in [0.15, 0.2) is 41.5 Å². The lowest BCUT2D eigenvalue weighted by atomic mass is 9.91. The minimum atomic E-state index is -0.357. The van der Waals surface area contributed by atoms with Crippen LogP contribution in [0.25, 0.3) is 0 Å². The van der Waals surface area contributed by atoms with Crippen LogP contribution < -0.4 is 10.4 Å². The monoisotopic (exact) mass is 512 g/mol. The van der Waals surface area contributed by atoms with Crippen molar-refractivity contribution < 1.29 is 4.79 Å². The zero-order chi connectivity index (χ0) is 22.8. The van der Waals surface area contributed by atoms with Crippen molar-refractivity contribution in [2.45, 2.75) is 38.6 Å². The van der Waals surface area contributed by atoms with Gasteiger partial charge in [-0.05, 0) is 42.7 Å². The first-order valence-corrected chi connectivity index (χ1v) is 12.2. The van der Waals surface area contributed by atoms with Gasteiger partial charge in [-0.2, -0.15) is 5.10 Å². The highest BCUT2D eigenvalue weighted by molar-refractivity contribution is 6.43. The number of carbonyl (C=O) groups excluding carboxylic acids is 1. The molecule has 2 heterocycles. The van der Waals surface area contributed by atoms with Gasteiger partial charge < -0.3 is 0 Å². The third-order valence-corrected chi connectivity index (χ3v) is 7.31. The maximum Gasteiger partial charge on any atom is 0.282 e. The van der Waals surface area contributed by atoms with Crippen molar-refractivity contribution in [3.05, 3.63) is 62.1 Å². The van der Waals surface area contributed by atoms with Crippen molar-refractivity contribution in [1.82, 2.24) is 10.4 Å². The molecular formula is C23H24Cl4N4O. The standard InChI is InChI=1S/C23H24Cl4N4O/c1-14-21(23(32)29-30-11-4-2-3-5-12-30)28-31(19-10-9-15(24)13-18(19)26)22(14)16-7-6-8-17(25)20(16)27/h6-10,13-14,22H,2-5,11-12H2,1H3,(H,29,32). The second kappa shape index (κ2) is 10.2. The molecule has 2 unspecified atom stereocenters. The SMILES string of the molecule is CC1C(C(=O)NN2CCCCCC2)=NN(c2ccc(Cl)cc2Cl)C1c1cccc(Cl)c1Cl. The molecule has 1 fully saturated rings. The first kappa shape index (κ1) is 23.7. The molecule has 170 valence electrons. The molecule has 0 saturated carbocycles. The summed E-state index contributed by atoms with van der Waals surface area (Å²) in [4.78, 5) is 13.3. The van der Waals surface area contributed by atoms with Crippen LogP contribution in [-0.4, -0.2) is 29.7 Å². The fraction of sp³-hybridized carbons (Fsp3) is 0.391. The van der Waals surface area contributed by atoms with Crippen molar-refractivity contribution in [3.63, 3.8) is 0 Å². The van der Waals surface area contributed by atoms with E-state index in [2.05, 4.69) is 5.43 Å². The number of anilines is 1. The van der Waals surface area contributed by atoms with E-state index in [1.807, 2.05) is 24.1 Å². The van der Waals surface area contributed by atoms with E-state index < -0.39 is 0 Å². The van der Waals surface area contributed by atoms with E-state index in [-0.39, 0.29) is 17.9 Å². The molecule has 2 aromatic carbocycles. The summed E-state index contributed by atoms with van der Waals surface area (Å²) in [7, 11) is 0. The topological polar surface area (TPSA) is 47.9 Å². The van der Waals surface area contributed by atoms with Crippen molar-refractivity contribution in [3.8, 4) is 0 Å². The van der Waals surface area contributed by atoms with Gasteiger partial charge in [-0.25, -0.2) is 5.01 Å². The van der Waals surface area contributed by atoms with Crippen LogP contribution in [0.3, 0.4) is 0 Å². The maximum atomic E-state index is 13.3. The lowest BCUT2D eigenvalue weighted by Gasteiger charge is -2.28. The van der Waals surface area contributed by atoms with Crippen molar-refractivity contribution in [2.24, 2.45) is 11.0 Å². The Morgan fingerprint density at radius 3 is 2.41 bits per heavy atom. The minimum absolute atomic E-state index is 0.213. The second-order valence-electron chi connectivity index (χ2n) is 8.14. The number of rotatable bonds is 4. The number of halogens is 4. The second-order valence-corrected chi connectivity index (χ2v) is 9.77. The molecule has 2 aliphatic heterocycles. The lowest BCUT2D eigenvalue weighted by Crippen LogP contribution is -2.46. The zero-order valence-corrected chi connectivity index (χ0v) is 20.6. The quantitative estimate of drug-likeness (QED) is 0.491. The van der Waals surface area contributed by atoms with Crippen LogP contribution in [0.5, 0.6) is 0 Å². The number of hydrogen-bond donors (Lipinski definition) is 1. The third kappa shape index (κ3) is 4.87. The first-order chi connectivity index (χ1) is 15.4. The fourth-order valence-corrected chi connectivity index (χ4v) is 5.20. The lowest BCUT2D eigenvalue weighted by molar-refractivity contribution is -0.119. The van der Waals surface area contributed by atoms with E-state index >= 15 is 0 Å². The van der Waals surface area contributed by atoms with Gasteiger partial charge in [0.25, 0.3) is 5.91 Å². The fourth-order valence-electron chi connectivity index (χ4n) is 4.29. The van der Waals surface area contributed by atoms with Crippen LogP contribution >= 0.6 is 46.4 Å². The molecule has 0 spiro atoms. The van der Waals surface area contributed by atoms with E-state index in [0.29, 0.717) is 31.5 Å². The van der Waals surface area contributed by atoms with Crippen LogP contribution in [-0.2, 0) is 4.79 Å². The molecule has 2 aliphatic rings. The van der Waals surface area contributed by atoms with Crippen molar-refractivity contribution >= 4 is 63.7 Å². The molecule has 0 bridgehead atoms. The van der Waals surface area contributed by atoms with Gasteiger partial charge >= 0.3 is 0 Å². The highest BCUT2D eigenvalue weighted by Gasteiger charge is 2.41. The van der Waals surface area contributed by atoms with Gasteiger partial charge in [-0.15, -0.1) is 0 Å². The summed E-state index contributed by atoms with van der Waals surface area (Å²) in [6.45, 7) is 3.64. The van der Waals surface area contributed by atoms with Crippen LogP contribution in [0, 0.1) is 5.92 Å². The van der Waals surface area contributed by atoms with E-state index in [4.69, 9.17) is 51.5 Å². The summed E-state index contributed by atoms with van der Waals surface area (Å²) in [5.74, 6) is -0.472. The number of nitrogens with zero attached hydrogens (tertiary/aromatic N) is 3. The van der Waals surface area contributed by atoms with Crippen LogP contribution in [0.2, 0.25) is 20.1 Å². The first-order valence-electron chi connectivity index (χ1n) is 10.7. The summed E-state index contributed by atoms with van der Waals surface area (Å²) in [5.41, 5.74) is 4.88. The number of amides is 1. The molecule has 1 N–H and O–H groups in total. The largest absolute Gasteiger partial charge is 0.284 e. The Hall–Kier alpha value is -1.50. The van der Waals surface area contributed by atoms with Gasteiger partial charge in [-0.1, -0.05) is 78.3 Å². The predicted molar refractivity (Wildman–Crippen MR) is 133 cm³/mol. The Kier molecular flexibility index (Phi) is 7.53. The Balaban J connectivity index is 1.71. The van der Waals surface area contributed by atoms with E-state index in [0.717, 1.165) is 31.5 Å². The normalized spacial score (nSPS) is 21.9. The molecule has 9 heteroatoms. The summed E-state index contributed by atoms with van der Waals surface area (Å²) >= 11 is 25.5. The molecule has 1 saturated heterocycles. The van der Waals surface area contributed by atoms with Gasteiger partial charge in [0.2, 0.25) is 0 Å². The zero-order valence-electron chi connectivity index (χ0n) is 17.6. The number of hydrazone groups is 1. The van der Waals surface area contributed by atoms with Gasteiger partial charge in [0, 0.05) is 24.0 Å². The highest BCUT2D eigenvalue weighted by Crippen LogP contribution is 2.45. The molecule has 0 aliphatic carbocycles. The van der Waals surface area contributed by atoms with Crippen molar-refractivity contribution in [1.29, 1.82) is 0 Å². The molecule has 0 radical (unpaired) electrons. The minimum Gasteiger partial charge on any atom is -0.284 e. The molecule has 0 aromatic heterocycles.